The molecular formula is C25H24ClN7O2S. The number of hydrogen-bond acceptors (Lipinski definition) is 7. The van der Waals surface area contributed by atoms with Gasteiger partial charge in [-0.05, 0) is 54.3 Å². The molecule has 5 N–H and O–H groups in total. The Bertz CT molecular complexity index is 1610. The molecule has 0 atom stereocenters. The van der Waals surface area contributed by atoms with E-state index in [1.54, 1.807) is 29.1 Å². The Kier molecular flexibility index (Phi) is 7.47. The minimum absolute atomic E-state index is 0.0736. The molecule has 36 heavy (non-hydrogen) atoms. The van der Waals surface area contributed by atoms with Crippen LogP contribution in [0.1, 0.15) is 23.0 Å². The lowest BCUT2D eigenvalue weighted by molar-refractivity contribution is 0.100. The Balaban J connectivity index is 0.000000197. The number of nitrogens with one attached hydrogen (secondary N) is 1. The number of carbonyl (C=O) groups excluding carboxylic acids is 1. The summed E-state index contributed by atoms with van der Waals surface area (Å²) in [6, 6.07) is 17.1. The molecule has 0 unspecified atom stereocenters. The number of amides is 1. The van der Waals surface area contributed by atoms with Crippen LogP contribution in [0, 0.1) is 0 Å². The zero-order valence-corrected chi connectivity index (χ0v) is 21.2. The zero-order valence-electron chi connectivity index (χ0n) is 19.6. The summed E-state index contributed by atoms with van der Waals surface area (Å²) < 4.78 is 6.34. The third-order valence-corrected chi connectivity index (χ3v) is 6.20. The van der Waals surface area contributed by atoms with Gasteiger partial charge in [-0.1, -0.05) is 42.6 Å². The first-order chi connectivity index (χ1) is 17.3. The Labute approximate surface area is 216 Å². The van der Waals surface area contributed by atoms with Gasteiger partial charge < -0.3 is 16.2 Å². The van der Waals surface area contributed by atoms with Gasteiger partial charge in [0.05, 0.1) is 10.4 Å². The van der Waals surface area contributed by atoms with Crippen LogP contribution < -0.4 is 21.7 Å². The van der Waals surface area contributed by atoms with Gasteiger partial charge in [0.2, 0.25) is 0 Å². The number of benzene rings is 2. The van der Waals surface area contributed by atoms with Gasteiger partial charge >= 0.3 is 0 Å². The molecule has 3 aromatic heterocycles. The van der Waals surface area contributed by atoms with Crippen molar-refractivity contribution >= 4 is 57.4 Å². The van der Waals surface area contributed by atoms with Crippen molar-refractivity contribution in [2.24, 2.45) is 5.73 Å². The summed E-state index contributed by atoms with van der Waals surface area (Å²) >= 11 is 7.79. The minimum Gasteiger partial charge on any atom is -0.381 e. The molecule has 0 fully saturated rings. The number of hydrogen-bond donors (Lipinski definition) is 3. The molecule has 184 valence electrons. The number of aryl methyl sites for hydroxylation is 1. The van der Waals surface area contributed by atoms with E-state index in [-0.39, 0.29) is 16.9 Å². The highest BCUT2D eigenvalue weighted by Gasteiger charge is 2.15. The summed E-state index contributed by atoms with van der Waals surface area (Å²) in [5, 5.41) is 5.81. The van der Waals surface area contributed by atoms with Crippen LogP contribution in [0.15, 0.2) is 71.8 Å². The summed E-state index contributed by atoms with van der Waals surface area (Å²) in [7, 11) is 0. The average Bonchev–Trinajstić information content (AvgIpc) is 3.21. The van der Waals surface area contributed by atoms with E-state index < -0.39 is 5.91 Å². The molecule has 0 spiro atoms. The van der Waals surface area contributed by atoms with Crippen LogP contribution in [0.4, 0.5) is 11.5 Å². The third-order valence-electron chi connectivity index (χ3n) is 5.45. The first-order valence-corrected chi connectivity index (χ1v) is 12.6. The van der Waals surface area contributed by atoms with E-state index in [1.165, 1.54) is 16.5 Å². The van der Waals surface area contributed by atoms with E-state index in [2.05, 4.69) is 14.8 Å². The highest BCUT2D eigenvalue weighted by atomic mass is 35.5. The Morgan fingerprint density at radius 3 is 2.58 bits per heavy atom. The second kappa shape index (κ2) is 10.7. The average molecular weight is 522 g/mol. The van der Waals surface area contributed by atoms with Crippen LogP contribution in [0.5, 0.6) is 0 Å². The van der Waals surface area contributed by atoms with Crippen LogP contribution in [-0.4, -0.2) is 31.3 Å². The van der Waals surface area contributed by atoms with Crippen LogP contribution in [-0.2, 0) is 6.42 Å². The number of pyridine rings is 1. The number of aromatic nitrogens is 4. The predicted octanol–water partition coefficient (Wildman–Crippen LogP) is 4.31. The highest BCUT2D eigenvalue weighted by Crippen LogP contribution is 2.23. The molecule has 0 radical (unpaired) electrons. The Hall–Kier alpha value is -4.02. The van der Waals surface area contributed by atoms with Crippen molar-refractivity contribution in [2.45, 2.75) is 13.3 Å². The SMILES string of the molecule is CCc1cc2cccc(Cl)c2c(=O)n1-c1ccc(NSC)cc1.NC(=O)c1c(N)nn2cccnc12. The maximum absolute atomic E-state index is 13.0. The van der Waals surface area contributed by atoms with E-state index in [4.69, 9.17) is 23.1 Å². The van der Waals surface area contributed by atoms with E-state index in [1.807, 2.05) is 55.6 Å². The lowest BCUT2D eigenvalue weighted by Crippen LogP contribution is -2.22. The number of nitrogens with zero attached hydrogens (tertiary/aromatic N) is 4. The van der Waals surface area contributed by atoms with E-state index in [9.17, 15) is 9.59 Å². The molecular weight excluding hydrogens is 498 g/mol. The van der Waals surface area contributed by atoms with Crippen molar-refractivity contribution in [3.05, 3.63) is 93.6 Å². The molecule has 0 bridgehead atoms. The van der Waals surface area contributed by atoms with Gasteiger partial charge in [-0.2, -0.15) is 0 Å². The second-order valence-corrected chi connectivity index (χ2v) is 8.72. The lowest BCUT2D eigenvalue weighted by atomic mass is 10.1. The largest absolute Gasteiger partial charge is 0.381 e. The molecule has 2 aromatic carbocycles. The fourth-order valence-electron chi connectivity index (χ4n) is 3.85. The number of primary amides is 1. The van der Waals surface area contributed by atoms with Crippen molar-refractivity contribution < 1.29 is 4.79 Å². The van der Waals surface area contributed by atoms with Gasteiger partial charge in [-0.15, -0.1) is 5.10 Å². The zero-order chi connectivity index (χ0) is 25.8. The molecule has 11 heteroatoms. The number of carbonyl (C=O) groups is 1. The quantitative estimate of drug-likeness (QED) is 0.293. The maximum atomic E-state index is 13.0. The third kappa shape index (κ3) is 4.86. The van der Waals surface area contributed by atoms with Crippen molar-refractivity contribution in [1.29, 1.82) is 0 Å². The number of fused-ring (bicyclic) bond motifs is 2. The van der Waals surface area contributed by atoms with Crippen molar-refractivity contribution in [2.75, 3.05) is 16.7 Å². The summed E-state index contributed by atoms with van der Waals surface area (Å²) in [6.07, 6.45) is 5.93. The molecule has 0 saturated heterocycles. The fourth-order valence-corrected chi connectivity index (χ4v) is 4.49. The molecule has 1 amide bonds. The van der Waals surface area contributed by atoms with Gasteiger partial charge in [0.15, 0.2) is 11.5 Å². The molecule has 0 saturated carbocycles. The van der Waals surface area contributed by atoms with Gasteiger partial charge in [0.25, 0.3) is 11.5 Å². The Morgan fingerprint density at radius 2 is 1.92 bits per heavy atom. The van der Waals surface area contributed by atoms with E-state index in [0.29, 0.717) is 16.1 Å². The lowest BCUT2D eigenvalue weighted by Gasteiger charge is -2.14. The van der Waals surface area contributed by atoms with E-state index in [0.717, 1.165) is 28.9 Å². The first-order valence-electron chi connectivity index (χ1n) is 11.0. The summed E-state index contributed by atoms with van der Waals surface area (Å²) in [5.74, 6) is -0.516. The highest BCUT2D eigenvalue weighted by molar-refractivity contribution is 7.99. The Morgan fingerprint density at radius 1 is 1.17 bits per heavy atom. The van der Waals surface area contributed by atoms with Crippen molar-refractivity contribution in [1.82, 2.24) is 19.2 Å². The monoisotopic (exact) mass is 521 g/mol. The van der Waals surface area contributed by atoms with Crippen molar-refractivity contribution in [3.8, 4) is 5.69 Å². The summed E-state index contributed by atoms with van der Waals surface area (Å²) in [6.45, 7) is 2.05. The predicted molar refractivity (Wildman–Crippen MR) is 147 cm³/mol. The molecule has 0 aliphatic heterocycles. The van der Waals surface area contributed by atoms with Crippen LogP contribution in [0.2, 0.25) is 5.02 Å². The maximum Gasteiger partial charge on any atom is 0.264 e. The van der Waals surface area contributed by atoms with Crippen molar-refractivity contribution in [3.63, 3.8) is 0 Å². The van der Waals surface area contributed by atoms with Gasteiger partial charge in [-0.3, -0.25) is 14.2 Å². The molecule has 5 rings (SSSR count). The second-order valence-electron chi connectivity index (χ2n) is 7.70. The normalized spacial score (nSPS) is 10.8. The molecule has 3 heterocycles. The van der Waals surface area contributed by atoms with Crippen LogP contribution in [0.25, 0.3) is 22.1 Å². The molecule has 5 aromatic rings. The summed E-state index contributed by atoms with van der Waals surface area (Å²) in [5.41, 5.74) is 13.9. The number of anilines is 2. The topological polar surface area (TPSA) is 133 Å². The fraction of sp³-hybridized carbons (Fsp3) is 0.120. The number of nitrogen functional groups attached to an aromatic ring is 1. The molecule has 0 aliphatic rings. The number of halogens is 1. The van der Waals surface area contributed by atoms with Gasteiger partial charge in [0.1, 0.15) is 5.56 Å². The van der Waals surface area contributed by atoms with Gasteiger partial charge in [-0.25, -0.2) is 9.50 Å². The number of rotatable bonds is 5. The smallest absolute Gasteiger partial charge is 0.264 e. The summed E-state index contributed by atoms with van der Waals surface area (Å²) in [4.78, 5) is 27.9. The van der Waals surface area contributed by atoms with Crippen LogP contribution in [0.3, 0.4) is 0 Å². The van der Waals surface area contributed by atoms with E-state index >= 15 is 0 Å². The van der Waals surface area contributed by atoms with Crippen LogP contribution >= 0.6 is 23.5 Å². The molecule has 9 nitrogen and oxygen atoms in total. The van der Waals surface area contributed by atoms with Gasteiger partial charge in [0, 0.05) is 35.7 Å². The first kappa shape index (κ1) is 25.1. The standard InChI is InChI=1S/C18H17ClN2OS.C7H7N5O/c1-3-14-11-12-5-4-6-16(19)17(12)18(22)21(14)15-9-7-13(8-10-15)20-23-2;8-5-4(6(9)13)7-10-2-1-3-12(7)11-5/h4-11,20H,3H2,1-2H3;1-3H,(H2,8,11)(H2,9,13). The molecule has 0 aliphatic carbocycles. The number of nitrogens with two attached hydrogens (primary N) is 2. The minimum atomic E-state index is -0.619.